The molecule has 1 aliphatic heterocycles. The molecule has 1 fully saturated rings. The lowest BCUT2D eigenvalue weighted by molar-refractivity contribution is 0.0778. The smallest absolute Gasteiger partial charge is 0.272 e. The summed E-state index contributed by atoms with van der Waals surface area (Å²) < 4.78 is 12.7. The summed E-state index contributed by atoms with van der Waals surface area (Å²) in [6.45, 7) is 1.68. The van der Waals surface area contributed by atoms with Crippen LogP contribution in [0.1, 0.15) is 23.3 Å². The molecule has 2 heterocycles. The van der Waals surface area contributed by atoms with Crippen LogP contribution in [0.4, 0.5) is 4.39 Å². The average Bonchev–Trinajstić information content (AvgIpc) is 2.82. The van der Waals surface area contributed by atoms with Gasteiger partial charge in [-0.2, -0.15) is 0 Å². The quantitative estimate of drug-likeness (QED) is 0.854. The number of carbonyl (C=O) groups excluding carboxylic acids is 1. The topological polar surface area (TPSA) is 45.2 Å². The molecule has 1 N–H and O–H groups in total. The molecule has 0 aliphatic carbocycles. The molecule has 1 atom stereocenters. The molecule has 1 aliphatic rings. The molecule has 1 unspecified atom stereocenters. The Morgan fingerprint density at radius 3 is 3.06 bits per heavy atom. The van der Waals surface area contributed by atoms with Crippen LogP contribution in [0.5, 0.6) is 0 Å². The number of carbonyl (C=O) groups is 1. The minimum absolute atomic E-state index is 0.168. The Kier molecular flexibility index (Phi) is 3.68. The summed E-state index contributed by atoms with van der Waals surface area (Å²) in [7, 11) is 1.74. The van der Waals surface area contributed by atoms with Crippen molar-refractivity contribution < 1.29 is 9.18 Å². The second-order valence-corrected chi connectivity index (χ2v) is 4.34. The fourth-order valence-electron chi connectivity index (χ4n) is 2.02. The summed E-state index contributed by atoms with van der Waals surface area (Å²) in [6, 6.07) is 3.03. The first kappa shape index (κ1) is 12.0. The fraction of sp³-hybridized carbons (Fsp3) is 0.500. The number of nitrogens with one attached hydrogen (secondary N) is 1. The van der Waals surface area contributed by atoms with Gasteiger partial charge in [0.1, 0.15) is 11.5 Å². The van der Waals surface area contributed by atoms with Crippen molar-refractivity contribution in [3.05, 3.63) is 29.8 Å². The molecule has 2 rings (SSSR count). The molecule has 92 valence electrons. The Bertz CT molecular complexity index is 387. The van der Waals surface area contributed by atoms with Crippen molar-refractivity contribution in [3.63, 3.8) is 0 Å². The van der Waals surface area contributed by atoms with Gasteiger partial charge < -0.3 is 10.2 Å². The molecule has 0 saturated carbocycles. The minimum Gasteiger partial charge on any atom is -0.339 e. The van der Waals surface area contributed by atoms with E-state index in [0.29, 0.717) is 12.6 Å². The number of nitrogens with zero attached hydrogens (tertiary/aromatic N) is 2. The second-order valence-electron chi connectivity index (χ2n) is 4.34. The van der Waals surface area contributed by atoms with E-state index in [9.17, 15) is 9.18 Å². The average molecular weight is 237 g/mol. The summed E-state index contributed by atoms with van der Waals surface area (Å²) in [4.78, 5) is 17.4. The van der Waals surface area contributed by atoms with E-state index in [-0.39, 0.29) is 11.6 Å². The van der Waals surface area contributed by atoms with Gasteiger partial charge in [0.2, 0.25) is 0 Å². The largest absolute Gasteiger partial charge is 0.339 e. The maximum atomic E-state index is 12.7. The van der Waals surface area contributed by atoms with E-state index < -0.39 is 5.82 Å². The highest BCUT2D eigenvalue weighted by atomic mass is 19.1. The van der Waals surface area contributed by atoms with Gasteiger partial charge in [0.25, 0.3) is 5.91 Å². The van der Waals surface area contributed by atoms with Crippen molar-refractivity contribution in [2.24, 2.45) is 0 Å². The molecule has 17 heavy (non-hydrogen) atoms. The molecule has 0 bridgehead atoms. The fourth-order valence-corrected chi connectivity index (χ4v) is 2.02. The van der Waals surface area contributed by atoms with Gasteiger partial charge in [-0.25, -0.2) is 9.37 Å². The molecule has 0 spiro atoms. The number of rotatable bonds is 3. The van der Waals surface area contributed by atoms with Crippen LogP contribution in [-0.4, -0.2) is 42.0 Å². The summed E-state index contributed by atoms with van der Waals surface area (Å²) in [6.07, 6.45) is 3.31. The molecule has 4 nitrogen and oxygen atoms in total. The first-order valence-corrected chi connectivity index (χ1v) is 5.77. The monoisotopic (exact) mass is 237 g/mol. The van der Waals surface area contributed by atoms with E-state index in [2.05, 4.69) is 10.3 Å². The minimum atomic E-state index is -0.429. The maximum absolute atomic E-state index is 12.7. The van der Waals surface area contributed by atoms with Crippen molar-refractivity contribution in [1.29, 1.82) is 0 Å². The van der Waals surface area contributed by atoms with Gasteiger partial charge in [0, 0.05) is 19.6 Å². The molecule has 0 radical (unpaired) electrons. The lowest BCUT2D eigenvalue weighted by atomic mass is 10.2. The van der Waals surface area contributed by atoms with Crippen molar-refractivity contribution in [2.45, 2.75) is 18.9 Å². The van der Waals surface area contributed by atoms with Crippen molar-refractivity contribution >= 4 is 5.91 Å². The van der Waals surface area contributed by atoms with E-state index in [4.69, 9.17) is 0 Å². The van der Waals surface area contributed by atoms with E-state index in [1.807, 2.05) is 0 Å². The Morgan fingerprint density at radius 2 is 2.47 bits per heavy atom. The number of aromatic nitrogens is 1. The number of pyridine rings is 1. The van der Waals surface area contributed by atoms with Gasteiger partial charge in [-0.05, 0) is 31.5 Å². The van der Waals surface area contributed by atoms with Gasteiger partial charge in [-0.1, -0.05) is 0 Å². The number of halogens is 1. The van der Waals surface area contributed by atoms with Crippen LogP contribution in [0.2, 0.25) is 0 Å². The molecule has 5 heteroatoms. The third-order valence-corrected chi connectivity index (χ3v) is 2.95. The van der Waals surface area contributed by atoms with E-state index >= 15 is 0 Å². The van der Waals surface area contributed by atoms with Crippen molar-refractivity contribution in [3.8, 4) is 0 Å². The first-order valence-electron chi connectivity index (χ1n) is 5.77. The Labute approximate surface area is 99.8 Å². The highest BCUT2D eigenvalue weighted by Crippen LogP contribution is 2.08. The third kappa shape index (κ3) is 3.00. The Hall–Kier alpha value is -1.49. The van der Waals surface area contributed by atoms with Gasteiger partial charge in [-0.3, -0.25) is 4.79 Å². The summed E-state index contributed by atoms with van der Waals surface area (Å²) >= 11 is 0. The molecule has 1 saturated heterocycles. The molecule has 0 aromatic carbocycles. The number of amides is 1. The lowest BCUT2D eigenvalue weighted by Gasteiger charge is -2.20. The summed E-state index contributed by atoms with van der Waals surface area (Å²) in [5.41, 5.74) is 0.284. The van der Waals surface area contributed by atoms with E-state index in [0.717, 1.165) is 25.6 Å². The predicted octanol–water partition coefficient (Wildman–Crippen LogP) is 1.04. The van der Waals surface area contributed by atoms with Crippen LogP contribution in [0.15, 0.2) is 18.3 Å². The van der Waals surface area contributed by atoms with Gasteiger partial charge in [-0.15, -0.1) is 0 Å². The van der Waals surface area contributed by atoms with Crippen LogP contribution in [0.25, 0.3) is 0 Å². The lowest BCUT2D eigenvalue weighted by Crippen LogP contribution is -2.38. The zero-order valence-electron chi connectivity index (χ0n) is 9.82. The van der Waals surface area contributed by atoms with E-state index in [1.54, 1.807) is 11.9 Å². The predicted molar refractivity (Wildman–Crippen MR) is 62.2 cm³/mol. The Balaban J connectivity index is 1.96. The number of hydrogen-bond donors (Lipinski definition) is 1. The second kappa shape index (κ2) is 5.23. The highest BCUT2D eigenvalue weighted by Gasteiger charge is 2.20. The number of likely N-dealkylation sites (N-methyl/N-ethyl adjacent to an activating group) is 1. The van der Waals surface area contributed by atoms with Crippen LogP contribution in [0, 0.1) is 5.82 Å². The zero-order chi connectivity index (χ0) is 12.3. The molecular formula is C12H16FN3O. The highest BCUT2D eigenvalue weighted by molar-refractivity contribution is 5.92. The molecular weight excluding hydrogens is 221 g/mol. The van der Waals surface area contributed by atoms with Gasteiger partial charge >= 0.3 is 0 Å². The van der Waals surface area contributed by atoms with Gasteiger partial charge in [0.15, 0.2) is 0 Å². The molecule has 1 amide bonds. The standard InChI is InChI=1S/C12H16FN3O/c1-16(8-10-3-2-6-14-10)12(17)11-5-4-9(13)7-15-11/h4-5,7,10,14H,2-3,6,8H2,1H3. The summed E-state index contributed by atoms with van der Waals surface area (Å²) in [5.74, 6) is -0.597. The van der Waals surface area contributed by atoms with E-state index in [1.165, 1.54) is 12.1 Å². The molecule has 1 aromatic heterocycles. The Morgan fingerprint density at radius 1 is 1.65 bits per heavy atom. The maximum Gasteiger partial charge on any atom is 0.272 e. The van der Waals surface area contributed by atoms with Crippen LogP contribution in [-0.2, 0) is 0 Å². The number of hydrogen-bond acceptors (Lipinski definition) is 3. The third-order valence-electron chi connectivity index (χ3n) is 2.95. The van der Waals surface area contributed by atoms with Gasteiger partial charge in [0.05, 0.1) is 6.20 Å². The van der Waals surface area contributed by atoms with Crippen molar-refractivity contribution in [2.75, 3.05) is 20.1 Å². The van der Waals surface area contributed by atoms with Crippen molar-refractivity contribution in [1.82, 2.24) is 15.2 Å². The van der Waals surface area contributed by atoms with Crippen LogP contribution < -0.4 is 5.32 Å². The summed E-state index contributed by atoms with van der Waals surface area (Å²) in [5, 5.41) is 3.33. The van der Waals surface area contributed by atoms with Crippen LogP contribution >= 0.6 is 0 Å². The van der Waals surface area contributed by atoms with Crippen LogP contribution in [0.3, 0.4) is 0 Å². The first-order chi connectivity index (χ1) is 8.16. The zero-order valence-corrected chi connectivity index (χ0v) is 9.82. The normalized spacial score (nSPS) is 19.3. The molecule has 1 aromatic rings. The SMILES string of the molecule is CN(CC1CCCN1)C(=O)c1ccc(F)cn1.